The Morgan fingerprint density at radius 1 is 0.677 bits per heavy atom. The largest absolute Gasteiger partial charge is 0.481 e. The van der Waals surface area contributed by atoms with E-state index in [9.17, 15) is 29.7 Å². The van der Waals surface area contributed by atoms with Crippen LogP contribution in [0.3, 0.4) is 0 Å². The molecule has 0 aliphatic carbocycles. The number of carboxylic acids is 3. The standard InChI is InChI=1S/C24H43NO6/c1-5-6-7-8-9-10-11-12-13-14-15-25(16-19(2)22(26)27,17-20(3)23(28)29)18-21(4)24(30)31/h14-15,19-21H,5-13,16-18H2,1-4H3,(H2-,26,27,28,29,30,31)/p+1/b15-14+. The third-order valence-corrected chi connectivity index (χ3v) is 5.82. The maximum Gasteiger partial charge on any atom is 0.311 e. The van der Waals surface area contributed by atoms with Gasteiger partial charge in [0.05, 0.1) is 25.8 Å². The smallest absolute Gasteiger partial charge is 0.311 e. The number of allylic oxidation sites excluding steroid dienone is 1. The number of carboxylic acid groups (broad SMARTS) is 3. The zero-order valence-corrected chi connectivity index (χ0v) is 19.9. The number of aliphatic carboxylic acids is 3. The molecule has 0 aromatic heterocycles. The molecule has 0 fully saturated rings. The summed E-state index contributed by atoms with van der Waals surface area (Å²) in [4.78, 5) is 34.5. The predicted molar refractivity (Wildman–Crippen MR) is 122 cm³/mol. The van der Waals surface area contributed by atoms with Crippen molar-refractivity contribution in [2.75, 3.05) is 19.6 Å². The zero-order chi connectivity index (χ0) is 23.9. The van der Waals surface area contributed by atoms with Crippen molar-refractivity contribution in [3.8, 4) is 0 Å². The third kappa shape index (κ3) is 13.2. The predicted octanol–water partition coefficient (Wildman–Crippen LogP) is 5.01. The minimum atomic E-state index is -0.968. The molecular weight excluding hydrogens is 398 g/mol. The Morgan fingerprint density at radius 3 is 1.39 bits per heavy atom. The molecule has 3 unspecified atom stereocenters. The Labute approximate surface area is 187 Å². The van der Waals surface area contributed by atoms with Crippen LogP contribution in [0.15, 0.2) is 12.3 Å². The first-order valence-corrected chi connectivity index (χ1v) is 11.8. The van der Waals surface area contributed by atoms with Gasteiger partial charge < -0.3 is 15.3 Å². The molecule has 0 aliphatic rings. The van der Waals surface area contributed by atoms with Crippen LogP contribution < -0.4 is 0 Å². The highest BCUT2D eigenvalue weighted by Crippen LogP contribution is 2.22. The van der Waals surface area contributed by atoms with Crippen LogP contribution in [0.4, 0.5) is 0 Å². The van der Waals surface area contributed by atoms with E-state index in [1.54, 1.807) is 20.8 Å². The number of rotatable bonds is 19. The molecule has 3 atom stereocenters. The fourth-order valence-corrected chi connectivity index (χ4v) is 3.97. The van der Waals surface area contributed by atoms with Crippen LogP contribution in [0, 0.1) is 17.8 Å². The third-order valence-electron chi connectivity index (χ3n) is 5.82. The van der Waals surface area contributed by atoms with E-state index >= 15 is 0 Å². The first-order chi connectivity index (χ1) is 14.5. The highest BCUT2D eigenvalue weighted by molar-refractivity contribution is 5.70. The summed E-state index contributed by atoms with van der Waals surface area (Å²) in [6.45, 7) is 7.45. The van der Waals surface area contributed by atoms with E-state index in [1.165, 1.54) is 38.5 Å². The van der Waals surface area contributed by atoms with Gasteiger partial charge in [0.2, 0.25) is 0 Å². The molecule has 0 saturated heterocycles. The number of nitrogens with zero attached hydrogens (tertiary/aromatic N) is 1. The van der Waals surface area contributed by atoms with Crippen molar-refractivity contribution in [2.45, 2.75) is 85.5 Å². The summed E-state index contributed by atoms with van der Waals surface area (Å²) in [5.41, 5.74) is 0. The molecule has 0 heterocycles. The SMILES string of the molecule is CCCCCCCCCC/C=C/[N+](CC(C)C(=O)O)(CC(C)C(=O)O)CC(C)C(=O)O. The summed E-state index contributed by atoms with van der Waals surface area (Å²) in [7, 11) is 0. The highest BCUT2D eigenvalue weighted by atomic mass is 16.4. The van der Waals surface area contributed by atoms with Gasteiger partial charge in [-0.3, -0.25) is 18.9 Å². The molecule has 7 heteroatoms. The van der Waals surface area contributed by atoms with Gasteiger partial charge in [-0.2, -0.15) is 0 Å². The summed E-state index contributed by atoms with van der Waals surface area (Å²) < 4.78 is 0.0470. The molecular formula is C24H44NO6+. The summed E-state index contributed by atoms with van der Waals surface area (Å²) in [5.74, 6) is -5.04. The lowest BCUT2D eigenvalue weighted by atomic mass is 10.0. The second-order valence-electron chi connectivity index (χ2n) is 9.13. The van der Waals surface area contributed by atoms with Gasteiger partial charge in [0.15, 0.2) is 0 Å². The topological polar surface area (TPSA) is 112 Å². The summed E-state index contributed by atoms with van der Waals surface area (Å²) in [6, 6.07) is 0. The molecule has 0 aromatic rings. The number of carbonyl (C=O) groups is 3. The van der Waals surface area contributed by atoms with E-state index < -0.39 is 35.7 Å². The van der Waals surface area contributed by atoms with Gasteiger partial charge in [-0.15, -0.1) is 0 Å². The minimum Gasteiger partial charge on any atom is -0.481 e. The first-order valence-electron chi connectivity index (χ1n) is 11.8. The van der Waals surface area contributed by atoms with Crippen molar-refractivity contribution in [2.24, 2.45) is 17.8 Å². The van der Waals surface area contributed by atoms with Crippen LogP contribution in [-0.4, -0.2) is 57.3 Å². The molecule has 0 rings (SSSR count). The van der Waals surface area contributed by atoms with Gasteiger partial charge >= 0.3 is 17.9 Å². The molecule has 0 aliphatic heterocycles. The molecule has 3 N–H and O–H groups in total. The number of unbranched alkanes of at least 4 members (excludes halogenated alkanes) is 8. The highest BCUT2D eigenvalue weighted by Gasteiger charge is 2.37. The lowest BCUT2D eigenvalue weighted by Crippen LogP contribution is -2.53. The summed E-state index contributed by atoms with van der Waals surface area (Å²) in [6.07, 6.45) is 14.3. The lowest BCUT2D eigenvalue weighted by Gasteiger charge is -2.38. The van der Waals surface area contributed by atoms with Gasteiger partial charge in [0.25, 0.3) is 0 Å². The van der Waals surface area contributed by atoms with E-state index in [-0.39, 0.29) is 24.1 Å². The van der Waals surface area contributed by atoms with Crippen LogP contribution in [0.2, 0.25) is 0 Å². The van der Waals surface area contributed by atoms with Crippen molar-refractivity contribution < 1.29 is 34.2 Å². The van der Waals surface area contributed by atoms with E-state index in [4.69, 9.17) is 0 Å². The number of quaternary nitrogens is 1. The van der Waals surface area contributed by atoms with Crippen LogP contribution in [0.5, 0.6) is 0 Å². The minimum absolute atomic E-state index is 0.0470. The van der Waals surface area contributed by atoms with Gasteiger partial charge in [-0.25, -0.2) is 0 Å². The van der Waals surface area contributed by atoms with E-state index in [1.807, 2.05) is 12.3 Å². The average Bonchev–Trinajstić information content (AvgIpc) is 2.68. The zero-order valence-electron chi connectivity index (χ0n) is 19.9. The Morgan fingerprint density at radius 2 is 1.03 bits per heavy atom. The molecule has 0 amide bonds. The van der Waals surface area contributed by atoms with Gasteiger partial charge in [0.1, 0.15) is 17.8 Å². The number of hydrogen-bond acceptors (Lipinski definition) is 3. The Bertz CT molecular complexity index is 519. The average molecular weight is 443 g/mol. The first kappa shape index (κ1) is 29.1. The molecule has 0 saturated carbocycles. The molecule has 0 bridgehead atoms. The van der Waals surface area contributed by atoms with Gasteiger partial charge in [-0.1, -0.05) is 51.9 Å². The normalized spacial score (nSPS) is 16.5. The lowest BCUT2D eigenvalue weighted by molar-refractivity contribution is -0.886. The van der Waals surface area contributed by atoms with Crippen LogP contribution in [0.25, 0.3) is 0 Å². The van der Waals surface area contributed by atoms with Crippen molar-refractivity contribution in [3.05, 3.63) is 12.3 Å². The Kier molecular flexibility index (Phi) is 14.9. The summed E-state index contributed by atoms with van der Waals surface area (Å²) >= 11 is 0. The maximum absolute atomic E-state index is 11.5. The van der Waals surface area contributed by atoms with E-state index in [2.05, 4.69) is 6.92 Å². The summed E-state index contributed by atoms with van der Waals surface area (Å²) in [5, 5.41) is 28.2. The molecule has 7 nitrogen and oxygen atoms in total. The second kappa shape index (κ2) is 15.8. The molecule has 0 radical (unpaired) electrons. The van der Waals surface area contributed by atoms with Crippen molar-refractivity contribution in [1.82, 2.24) is 0 Å². The van der Waals surface area contributed by atoms with Crippen molar-refractivity contribution >= 4 is 17.9 Å². The quantitative estimate of drug-likeness (QED) is 0.191. The molecule has 31 heavy (non-hydrogen) atoms. The van der Waals surface area contributed by atoms with Crippen LogP contribution in [0.1, 0.15) is 85.5 Å². The monoisotopic (exact) mass is 442 g/mol. The van der Waals surface area contributed by atoms with Crippen LogP contribution >= 0.6 is 0 Å². The molecule has 0 spiro atoms. The molecule has 0 aromatic carbocycles. The van der Waals surface area contributed by atoms with Gasteiger partial charge in [-0.05, 0) is 39.7 Å². The Hall–Kier alpha value is -1.89. The van der Waals surface area contributed by atoms with Crippen molar-refractivity contribution in [1.29, 1.82) is 0 Å². The number of hydrogen-bond donors (Lipinski definition) is 3. The Balaban J connectivity index is 5.18. The fourth-order valence-electron chi connectivity index (χ4n) is 3.97. The van der Waals surface area contributed by atoms with Crippen LogP contribution in [-0.2, 0) is 14.4 Å². The van der Waals surface area contributed by atoms with E-state index in [0.29, 0.717) is 0 Å². The second-order valence-corrected chi connectivity index (χ2v) is 9.13. The van der Waals surface area contributed by atoms with E-state index in [0.717, 1.165) is 19.3 Å². The van der Waals surface area contributed by atoms with Gasteiger partial charge in [0, 0.05) is 0 Å². The maximum atomic E-state index is 11.5. The molecule has 180 valence electrons. The van der Waals surface area contributed by atoms with Crippen molar-refractivity contribution in [3.63, 3.8) is 0 Å². The fraction of sp³-hybridized carbons (Fsp3) is 0.792.